The number of aliphatic hydroxyl groups excluding tert-OH is 3. The number of aliphatic hydroxyl groups is 4. The maximum absolute atomic E-state index is 14.4. The minimum Gasteiger partial charge on any atom is -0.508 e. The highest BCUT2D eigenvalue weighted by Crippen LogP contribution is 2.54. The number of methoxy groups -OCH3 is 1. The molecule has 55 heavy (non-hydrogen) atoms. The summed E-state index contributed by atoms with van der Waals surface area (Å²) in [6.07, 6.45) is -2.19. The Kier molecular flexibility index (Phi) is 11.3. The summed E-state index contributed by atoms with van der Waals surface area (Å²) in [7, 11) is 8.08. The van der Waals surface area contributed by atoms with Gasteiger partial charge < -0.3 is 55.3 Å². The first-order chi connectivity index (χ1) is 25.6. The molecule has 0 heterocycles. The van der Waals surface area contributed by atoms with Crippen molar-refractivity contribution in [3.8, 4) is 11.5 Å². The third-order valence-electron chi connectivity index (χ3n) is 10.4. The Labute approximate surface area is 319 Å². The quantitative estimate of drug-likeness (QED) is 0.143. The standard InChI is InChI=1S/C39H50N4O12/c1-38(2,3)17-43(37(51)55-18-54-36(50)19-9-11-22(53-8)12-10-19)16-21-15-25(41(4)5)23-13-20-14-24-29(42(6)7)32(46)28(35(40)49)34(48)39(24,52)33(47)26(20)31(45)27(23)30(21)44/h9-12,15,20,24,29,36,44-45,48,50,52H,13-14,16-18H2,1-8H3,(H2,40,49). The lowest BCUT2D eigenvalue weighted by molar-refractivity contribution is -0.158. The van der Waals surface area contributed by atoms with E-state index in [4.69, 9.17) is 19.9 Å². The van der Waals surface area contributed by atoms with Gasteiger partial charge in [-0.3, -0.25) is 19.3 Å². The van der Waals surface area contributed by atoms with Crippen molar-refractivity contribution in [2.45, 2.75) is 58.1 Å². The zero-order chi connectivity index (χ0) is 40.9. The molecule has 0 radical (unpaired) electrons. The summed E-state index contributed by atoms with van der Waals surface area (Å²) in [5, 5.41) is 57.4. The van der Waals surface area contributed by atoms with Crippen molar-refractivity contribution in [2.24, 2.45) is 23.0 Å². The van der Waals surface area contributed by atoms with Crippen LogP contribution in [0.5, 0.6) is 11.5 Å². The number of benzene rings is 2. The first kappa shape index (κ1) is 41.0. The highest BCUT2D eigenvalue weighted by atomic mass is 16.7. The molecule has 16 heteroatoms. The Bertz CT molecular complexity index is 1950. The summed E-state index contributed by atoms with van der Waals surface area (Å²) >= 11 is 0. The van der Waals surface area contributed by atoms with E-state index in [-0.39, 0.29) is 42.6 Å². The maximum atomic E-state index is 14.4. The molecule has 0 saturated heterocycles. The molecule has 5 atom stereocenters. The molecule has 0 aromatic heterocycles. The molecule has 5 unspecified atom stereocenters. The van der Waals surface area contributed by atoms with E-state index >= 15 is 0 Å². The van der Waals surface area contributed by atoms with Gasteiger partial charge in [0.05, 0.1) is 25.3 Å². The Morgan fingerprint density at radius 3 is 2.24 bits per heavy atom. The number of anilines is 1. The minimum atomic E-state index is -2.78. The van der Waals surface area contributed by atoms with E-state index in [0.29, 0.717) is 22.6 Å². The lowest BCUT2D eigenvalue weighted by Gasteiger charge is -2.50. The van der Waals surface area contributed by atoms with Crippen LogP contribution in [0.3, 0.4) is 0 Å². The van der Waals surface area contributed by atoms with E-state index in [1.54, 1.807) is 49.3 Å². The number of nitrogens with zero attached hydrogens (tertiary/aromatic N) is 3. The van der Waals surface area contributed by atoms with Gasteiger partial charge in [-0.2, -0.15) is 0 Å². The number of hydrogen-bond acceptors (Lipinski definition) is 14. The van der Waals surface area contributed by atoms with Crippen LogP contribution in [0, 0.1) is 17.3 Å². The molecule has 3 aliphatic carbocycles. The second-order valence-electron chi connectivity index (χ2n) is 15.8. The number of carbonyl (C=O) groups excluding carboxylic acids is 4. The van der Waals surface area contributed by atoms with Crippen molar-refractivity contribution in [1.82, 2.24) is 9.80 Å². The van der Waals surface area contributed by atoms with Gasteiger partial charge >= 0.3 is 6.09 Å². The third kappa shape index (κ3) is 7.46. The van der Waals surface area contributed by atoms with Crippen LogP contribution in [-0.4, -0.2) is 119 Å². The average Bonchev–Trinajstić information content (AvgIpc) is 3.09. The van der Waals surface area contributed by atoms with E-state index in [2.05, 4.69) is 0 Å². The molecule has 2 aromatic carbocycles. The van der Waals surface area contributed by atoms with Crippen molar-refractivity contribution >= 4 is 35.0 Å². The SMILES string of the molecule is COc1ccc(C(O)OCOC(=O)N(Cc2cc(N(C)C)c3c(c2O)C(O)=C2C(=O)C4(O)C(O)=C(C(N)=O)C(=O)C(N(C)C)C4CC2C3)CC(C)(C)C)cc1. The number of rotatable bonds is 11. The number of hydrogen-bond donors (Lipinski definition) is 6. The number of likely N-dealkylation sites (N-methyl/N-ethyl adjacent to an activating group) is 1. The largest absolute Gasteiger partial charge is 0.508 e. The van der Waals surface area contributed by atoms with E-state index in [9.17, 15) is 44.7 Å². The van der Waals surface area contributed by atoms with Gasteiger partial charge in [0.15, 0.2) is 24.5 Å². The Balaban J connectivity index is 1.51. The number of fused-ring (bicyclic) bond motifs is 3. The van der Waals surface area contributed by atoms with Gasteiger partial charge in [-0.25, -0.2) is 4.79 Å². The molecule has 5 rings (SSSR count). The number of primary amides is 1. The smallest absolute Gasteiger partial charge is 0.412 e. The molecule has 1 fully saturated rings. The first-order valence-electron chi connectivity index (χ1n) is 17.7. The van der Waals surface area contributed by atoms with Gasteiger partial charge in [0, 0.05) is 48.9 Å². The predicted octanol–water partition coefficient (Wildman–Crippen LogP) is 2.69. The number of ether oxygens (including phenoxy) is 3. The van der Waals surface area contributed by atoms with Crippen LogP contribution >= 0.6 is 0 Å². The van der Waals surface area contributed by atoms with Gasteiger partial charge in [0.1, 0.15) is 28.6 Å². The highest BCUT2D eigenvalue weighted by Gasteiger charge is 2.64. The van der Waals surface area contributed by atoms with Crippen molar-refractivity contribution in [2.75, 3.05) is 53.5 Å². The summed E-state index contributed by atoms with van der Waals surface area (Å²) < 4.78 is 15.9. The predicted molar refractivity (Wildman–Crippen MR) is 199 cm³/mol. The number of ketones is 2. The van der Waals surface area contributed by atoms with E-state index in [0.717, 1.165) is 0 Å². The van der Waals surface area contributed by atoms with Crippen LogP contribution in [0.25, 0.3) is 5.76 Å². The number of Topliss-reactive ketones (excluding diaryl/α,β-unsaturated/α-hetero) is 2. The number of nitrogens with two attached hydrogens (primary N) is 1. The summed E-state index contributed by atoms with van der Waals surface area (Å²) in [6, 6.07) is 6.94. The Morgan fingerprint density at radius 2 is 1.69 bits per heavy atom. The number of aromatic hydroxyl groups is 1. The summed E-state index contributed by atoms with van der Waals surface area (Å²) in [6.45, 7) is 5.00. The molecule has 3 aliphatic rings. The lowest BCUT2D eigenvalue weighted by atomic mass is 9.57. The van der Waals surface area contributed by atoms with Crippen LogP contribution in [0.15, 0.2) is 47.2 Å². The molecule has 7 N–H and O–H groups in total. The molecule has 2 amide bonds. The number of phenolic OH excluding ortho intramolecular Hbond substituents is 1. The van der Waals surface area contributed by atoms with Crippen LogP contribution in [0.1, 0.15) is 55.7 Å². The van der Waals surface area contributed by atoms with Crippen LogP contribution < -0.4 is 15.4 Å². The molecule has 1 saturated carbocycles. The molecule has 298 valence electrons. The van der Waals surface area contributed by atoms with E-state index in [1.165, 1.54) is 31.0 Å². The number of phenols is 1. The zero-order valence-electron chi connectivity index (χ0n) is 32.2. The van der Waals surface area contributed by atoms with Crippen LogP contribution in [0.4, 0.5) is 10.5 Å². The second-order valence-corrected chi connectivity index (χ2v) is 15.8. The zero-order valence-corrected chi connectivity index (χ0v) is 32.2. The van der Waals surface area contributed by atoms with Gasteiger partial charge in [0.2, 0.25) is 5.78 Å². The topological polar surface area (TPSA) is 233 Å². The van der Waals surface area contributed by atoms with Crippen molar-refractivity contribution in [1.29, 1.82) is 0 Å². The monoisotopic (exact) mass is 766 g/mol. The Hall–Kier alpha value is -5.16. The van der Waals surface area contributed by atoms with Crippen molar-refractivity contribution in [3.63, 3.8) is 0 Å². The van der Waals surface area contributed by atoms with Gasteiger partial charge in [0.25, 0.3) is 5.91 Å². The fourth-order valence-corrected chi connectivity index (χ4v) is 7.93. The molecule has 2 aromatic rings. The Morgan fingerprint density at radius 1 is 1.05 bits per heavy atom. The van der Waals surface area contributed by atoms with Gasteiger partial charge in [-0.15, -0.1) is 0 Å². The minimum absolute atomic E-state index is 0.0540. The van der Waals surface area contributed by atoms with Gasteiger partial charge in [-0.1, -0.05) is 32.9 Å². The molecule has 0 aliphatic heterocycles. The fourth-order valence-electron chi connectivity index (χ4n) is 7.93. The maximum Gasteiger partial charge on any atom is 0.412 e. The second kappa shape index (κ2) is 15.2. The van der Waals surface area contributed by atoms with Gasteiger partial charge in [-0.05, 0) is 62.0 Å². The fraction of sp³-hybridized carbons (Fsp3) is 0.487. The average molecular weight is 767 g/mol. The van der Waals surface area contributed by atoms with E-state index in [1.807, 2.05) is 20.8 Å². The van der Waals surface area contributed by atoms with E-state index < -0.39 is 88.4 Å². The number of amides is 2. The first-order valence-corrected chi connectivity index (χ1v) is 17.7. The lowest BCUT2D eigenvalue weighted by Crippen LogP contribution is -2.65. The van der Waals surface area contributed by atoms with Crippen molar-refractivity contribution in [3.05, 3.63) is 69.5 Å². The molecule has 16 nitrogen and oxygen atoms in total. The summed E-state index contributed by atoms with van der Waals surface area (Å²) in [4.78, 5) is 58.2. The number of carbonyl (C=O) groups is 4. The molecule has 0 bridgehead atoms. The molecular formula is C39H50N4O12. The molecule has 0 spiro atoms. The summed E-state index contributed by atoms with van der Waals surface area (Å²) in [5.74, 6) is -6.92. The summed E-state index contributed by atoms with van der Waals surface area (Å²) in [5.41, 5.74) is 2.53. The van der Waals surface area contributed by atoms with Crippen molar-refractivity contribution < 1.29 is 58.9 Å². The third-order valence-corrected chi connectivity index (χ3v) is 10.4. The highest BCUT2D eigenvalue weighted by molar-refractivity contribution is 6.24. The normalized spacial score (nSPS) is 22.9. The van der Waals surface area contributed by atoms with Crippen LogP contribution in [-0.2, 0) is 36.8 Å². The molecular weight excluding hydrogens is 716 g/mol. The van der Waals surface area contributed by atoms with Crippen LogP contribution in [0.2, 0.25) is 0 Å².